The van der Waals surface area contributed by atoms with Gasteiger partial charge >= 0.3 is 51.4 Å². The molecular formula is C7H5F2KN4. The summed E-state index contributed by atoms with van der Waals surface area (Å²) in [6.45, 7) is 3.18. The van der Waals surface area contributed by atoms with E-state index in [0.717, 1.165) is 6.08 Å². The van der Waals surface area contributed by atoms with E-state index in [0.29, 0.717) is 0 Å². The van der Waals surface area contributed by atoms with Crippen molar-refractivity contribution in [2.45, 2.75) is 12.3 Å². The summed E-state index contributed by atoms with van der Waals surface area (Å²) in [6.07, 6.45) is 0.492. The zero-order valence-electron chi connectivity index (χ0n) is 7.54. The average molecular weight is 222 g/mol. The zero-order chi connectivity index (χ0) is 9.90. The van der Waals surface area contributed by atoms with Crippen LogP contribution in [-0.4, -0.2) is 10.2 Å². The van der Waals surface area contributed by atoms with Crippen LogP contribution in [0.25, 0.3) is 0 Å². The van der Waals surface area contributed by atoms with Crippen molar-refractivity contribution in [3.8, 4) is 6.07 Å². The van der Waals surface area contributed by atoms with Crippen LogP contribution in [-0.2, 0) is 5.92 Å². The van der Waals surface area contributed by atoms with E-state index < -0.39 is 18.2 Å². The Kier molecular flexibility index (Phi) is 5.62. The van der Waals surface area contributed by atoms with E-state index in [9.17, 15) is 8.78 Å². The molecule has 1 rings (SSSR count). The van der Waals surface area contributed by atoms with Gasteiger partial charge in [-0.25, -0.2) is 8.78 Å². The summed E-state index contributed by atoms with van der Waals surface area (Å²) in [6, 6.07) is 1.52. The molecule has 0 aliphatic carbocycles. The van der Waals surface area contributed by atoms with Gasteiger partial charge < -0.3 is 15.2 Å². The predicted molar refractivity (Wildman–Crippen MR) is 38.8 cm³/mol. The third kappa shape index (κ3) is 3.22. The van der Waals surface area contributed by atoms with E-state index in [2.05, 4.69) is 21.8 Å². The van der Waals surface area contributed by atoms with Crippen LogP contribution in [0.3, 0.4) is 0 Å². The molecule has 4 nitrogen and oxygen atoms in total. The van der Waals surface area contributed by atoms with Gasteiger partial charge in [0.1, 0.15) is 6.07 Å². The Morgan fingerprint density at radius 3 is 2.64 bits per heavy atom. The van der Waals surface area contributed by atoms with Gasteiger partial charge in [-0.15, -0.1) is 6.58 Å². The van der Waals surface area contributed by atoms with Gasteiger partial charge in [0, 0.05) is 6.42 Å². The fourth-order valence-electron chi connectivity index (χ4n) is 0.715. The molecule has 0 aliphatic heterocycles. The molecule has 0 radical (unpaired) electrons. The number of hydrogen-bond acceptors (Lipinski definition) is 3. The number of alkyl halides is 2. The molecule has 0 aromatic carbocycles. The molecule has 7 heteroatoms. The van der Waals surface area contributed by atoms with E-state index in [1.54, 1.807) is 0 Å². The monoisotopic (exact) mass is 222 g/mol. The standard InChI is InChI=1S/C7H5F2N4.K/c1-2-3-7(8,9)6-11-5(4-10)12-13-6;/h2H,1,3H2;/q-1;+1. The molecule has 0 saturated heterocycles. The summed E-state index contributed by atoms with van der Waals surface area (Å²) in [5.41, 5.74) is 0. The Balaban J connectivity index is 0.00000169. The number of allylic oxidation sites excluding steroid dienone is 1. The van der Waals surface area contributed by atoms with E-state index in [1.807, 2.05) is 0 Å². The van der Waals surface area contributed by atoms with E-state index >= 15 is 0 Å². The molecule has 0 N–H and O–H groups in total. The van der Waals surface area contributed by atoms with Crippen LogP contribution in [0.2, 0.25) is 0 Å². The van der Waals surface area contributed by atoms with Gasteiger partial charge in [0.2, 0.25) is 0 Å². The van der Waals surface area contributed by atoms with Crippen molar-refractivity contribution in [2.75, 3.05) is 0 Å². The van der Waals surface area contributed by atoms with Crippen molar-refractivity contribution in [3.05, 3.63) is 24.3 Å². The molecule has 1 heterocycles. The van der Waals surface area contributed by atoms with Gasteiger partial charge in [0.25, 0.3) is 5.92 Å². The summed E-state index contributed by atoms with van der Waals surface area (Å²) in [7, 11) is 0. The third-order valence-corrected chi connectivity index (χ3v) is 1.28. The SMILES string of the molecule is C=CCC(F)(F)c1nnc(C#N)[n-]1.[K+]. The van der Waals surface area contributed by atoms with Crippen molar-refractivity contribution >= 4 is 0 Å². The van der Waals surface area contributed by atoms with Crippen molar-refractivity contribution in [3.63, 3.8) is 0 Å². The number of aromatic nitrogens is 3. The molecule has 0 aliphatic rings. The topological polar surface area (TPSA) is 63.7 Å². The number of nitriles is 1. The van der Waals surface area contributed by atoms with Crippen LogP contribution in [0.1, 0.15) is 18.1 Å². The molecular weight excluding hydrogens is 217 g/mol. The third-order valence-electron chi connectivity index (χ3n) is 1.28. The second kappa shape index (κ2) is 5.68. The van der Waals surface area contributed by atoms with Crippen molar-refractivity contribution < 1.29 is 60.2 Å². The van der Waals surface area contributed by atoms with Crippen LogP contribution in [0, 0.1) is 11.3 Å². The number of halogens is 2. The first-order chi connectivity index (χ1) is 6.10. The molecule has 0 amide bonds. The summed E-state index contributed by atoms with van der Waals surface area (Å²) in [5.74, 6) is -4.27. The Hall–Kier alpha value is -0.134. The molecule has 0 fully saturated rings. The van der Waals surface area contributed by atoms with E-state index in [4.69, 9.17) is 5.26 Å². The van der Waals surface area contributed by atoms with Crippen LogP contribution in [0.5, 0.6) is 0 Å². The number of rotatable bonds is 3. The molecule has 14 heavy (non-hydrogen) atoms. The van der Waals surface area contributed by atoms with Crippen LogP contribution in [0.4, 0.5) is 8.78 Å². The fourth-order valence-corrected chi connectivity index (χ4v) is 0.715. The number of hydrogen-bond donors (Lipinski definition) is 0. The van der Waals surface area contributed by atoms with E-state index in [1.165, 1.54) is 6.07 Å². The van der Waals surface area contributed by atoms with Gasteiger partial charge in [0.05, 0.1) is 11.6 Å². The van der Waals surface area contributed by atoms with Crippen LogP contribution >= 0.6 is 0 Å². The Bertz CT molecular complexity index is 355. The second-order valence-corrected chi connectivity index (χ2v) is 2.27. The Morgan fingerprint density at radius 1 is 1.57 bits per heavy atom. The normalized spacial score (nSPS) is 10.1. The fraction of sp³-hybridized carbons (Fsp3) is 0.286. The van der Waals surface area contributed by atoms with Gasteiger partial charge in [0.15, 0.2) is 0 Å². The maximum atomic E-state index is 13.0. The minimum Gasteiger partial charge on any atom is -0.347 e. The van der Waals surface area contributed by atoms with Gasteiger partial charge in [-0.3, -0.25) is 0 Å². The van der Waals surface area contributed by atoms with Crippen molar-refractivity contribution in [1.29, 1.82) is 5.26 Å². The minimum atomic E-state index is -3.19. The Labute approximate surface area is 122 Å². The zero-order valence-corrected chi connectivity index (χ0v) is 10.7. The second-order valence-electron chi connectivity index (χ2n) is 2.27. The van der Waals surface area contributed by atoms with Crippen molar-refractivity contribution in [2.24, 2.45) is 0 Å². The molecule has 1 aromatic rings. The molecule has 0 atom stereocenters. The van der Waals surface area contributed by atoms with Gasteiger partial charge in [-0.2, -0.15) is 5.26 Å². The van der Waals surface area contributed by atoms with Gasteiger partial charge in [-0.05, 0) is 0 Å². The predicted octanol–water partition coefficient (Wildman–Crippen LogP) is -2.02. The maximum absolute atomic E-state index is 13.0. The average Bonchev–Trinajstić information content (AvgIpc) is 2.52. The van der Waals surface area contributed by atoms with Crippen LogP contribution < -0.4 is 56.4 Å². The molecule has 68 valence electrons. The molecule has 0 spiro atoms. The quantitative estimate of drug-likeness (QED) is 0.437. The van der Waals surface area contributed by atoms with Crippen LogP contribution in [0.15, 0.2) is 12.7 Å². The Morgan fingerprint density at radius 2 is 2.21 bits per heavy atom. The summed E-state index contributed by atoms with van der Waals surface area (Å²) < 4.78 is 25.9. The maximum Gasteiger partial charge on any atom is 1.00 e. The summed E-state index contributed by atoms with van der Waals surface area (Å²) >= 11 is 0. The van der Waals surface area contributed by atoms with E-state index in [-0.39, 0.29) is 57.2 Å². The largest absolute Gasteiger partial charge is 1.00 e. The van der Waals surface area contributed by atoms with Crippen molar-refractivity contribution in [1.82, 2.24) is 15.2 Å². The first-order valence-electron chi connectivity index (χ1n) is 3.37. The summed E-state index contributed by atoms with van der Waals surface area (Å²) in [4.78, 5) is 3.24. The number of nitrogens with zero attached hydrogens (tertiary/aromatic N) is 4. The molecule has 0 saturated carbocycles. The minimum absolute atomic E-state index is 0. The van der Waals surface area contributed by atoms with Gasteiger partial charge in [-0.1, -0.05) is 6.08 Å². The first kappa shape index (κ1) is 13.9. The smallest absolute Gasteiger partial charge is 0.347 e. The molecule has 0 bridgehead atoms. The molecule has 0 unspecified atom stereocenters. The summed E-state index contributed by atoms with van der Waals surface area (Å²) in [5, 5.41) is 14.5. The first-order valence-corrected chi connectivity index (χ1v) is 3.37. The molecule has 1 aromatic heterocycles.